The summed E-state index contributed by atoms with van der Waals surface area (Å²) in [5, 5.41) is 19.2. The lowest BCUT2D eigenvalue weighted by atomic mass is 10.1. The van der Waals surface area contributed by atoms with Gasteiger partial charge in [0.1, 0.15) is 0 Å². The van der Waals surface area contributed by atoms with E-state index < -0.39 is 0 Å². The Morgan fingerprint density at radius 3 is 1.58 bits per heavy atom. The van der Waals surface area contributed by atoms with Gasteiger partial charge in [-0.3, -0.25) is 24.4 Å². The van der Waals surface area contributed by atoms with E-state index in [4.69, 9.17) is 5.21 Å². The number of nitrogens with one attached hydrogen (secondary N) is 4. The van der Waals surface area contributed by atoms with Gasteiger partial charge in [0.05, 0.1) is 0 Å². The lowest BCUT2D eigenvalue weighted by molar-refractivity contribution is -0.129. The first-order chi connectivity index (χ1) is 23.4. The molecule has 0 unspecified atom stereocenters. The van der Waals surface area contributed by atoms with E-state index >= 15 is 0 Å². The third-order valence-corrected chi connectivity index (χ3v) is 7.67. The molecule has 0 heterocycles. The Morgan fingerprint density at radius 1 is 0.500 bits per heavy atom. The highest BCUT2D eigenvalue weighted by molar-refractivity contribution is 5.94. The van der Waals surface area contributed by atoms with Crippen LogP contribution in [0.25, 0.3) is 21.9 Å². The van der Waals surface area contributed by atoms with Crippen molar-refractivity contribution in [3.8, 4) is 11.1 Å². The number of anilines is 2. The predicted molar refractivity (Wildman–Crippen MR) is 192 cm³/mol. The van der Waals surface area contributed by atoms with Gasteiger partial charge in [0.25, 0.3) is 0 Å². The number of hydroxylamine groups is 1. The number of hydrogen-bond donors (Lipinski definition) is 5. The van der Waals surface area contributed by atoms with E-state index in [-0.39, 0.29) is 30.0 Å². The van der Waals surface area contributed by atoms with Gasteiger partial charge in [-0.2, -0.15) is 0 Å². The largest absolute Gasteiger partial charge is 0.356 e. The van der Waals surface area contributed by atoms with Gasteiger partial charge >= 0.3 is 0 Å². The molecule has 9 heteroatoms. The lowest BCUT2D eigenvalue weighted by Gasteiger charge is -2.07. The SMILES string of the molecule is CCNC(=O)CCCCCCC(=O)Nc1ccc(-c2ccccc2)cc1.O=C(CCCCCC(=O)Nc1ccc2ccccc2c1)NO. The molecule has 0 fully saturated rings. The molecule has 4 rings (SSSR count). The molecule has 0 atom stereocenters. The molecule has 5 N–H and O–H groups in total. The van der Waals surface area contributed by atoms with Crippen molar-refractivity contribution in [3.63, 3.8) is 0 Å². The molecular formula is C39H48N4O5. The molecule has 0 bridgehead atoms. The molecule has 0 saturated carbocycles. The molecule has 4 aromatic rings. The van der Waals surface area contributed by atoms with Crippen molar-refractivity contribution in [3.05, 3.63) is 97.1 Å². The Morgan fingerprint density at radius 2 is 0.979 bits per heavy atom. The average molecular weight is 653 g/mol. The number of carbonyl (C=O) groups excluding carboxylic acids is 4. The van der Waals surface area contributed by atoms with Gasteiger partial charge in [-0.25, -0.2) is 5.48 Å². The van der Waals surface area contributed by atoms with Crippen LogP contribution in [0.4, 0.5) is 11.4 Å². The number of carbonyl (C=O) groups is 4. The summed E-state index contributed by atoms with van der Waals surface area (Å²) < 4.78 is 0. The minimum Gasteiger partial charge on any atom is -0.356 e. The van der Waals surface area contributed by atoms with Crippen molar-refractivity contribution < 1.29 is 24.4 Å². The summed E-state index contributed by atoms with van der Waals surface area (Å²) >= 11 is 0. The minimum absolute atomic E-state index is 0.0260. The van der Waals surface area contributed by atoms with E-state index in [1.807, 2.05) is 91.9 Å². The maximum Gasteiger partial charge on any atom is 0.243 e. The number of hydrogen-bond acceptors (Lipinski definition) is 5. The molecule has 9 nitrogen and oxygen atoms in total. The van der Waals surface area contributed by atoms with E-state index in [9.17, 15) is 19.2 Å². The molecule has 254 valence electrons. The first kappa shape index (κ1) is 37.4. The van der Waals surface area contributed by atoms with Gasteiger partial charge in [0.15, 0.2) is 0 Å². The minimum atomic E-state index is -0.388. The predicted octanol–water partition coefficient (Wildman–Crippen LogP) is 8.00. The quantitative estimate of drug-likeness (QED) is 0.0447. The highest BCUT2D eigenvalue weighted by atomic mass is 16.5. The first-order valence-corrected chi connectivity index (χ1v) is 16.8. The van der Waals surface area contributed by atoms with Gasteiger partial charge in [-0.15, -0.1) is 0 Å². The normalized spacial score (nSPS) is 10.4. The Labute approximate surface area is 283 Å². The number of rotatable bonds is 17. The van der Waals surface area contributed by atoms with Crippen LogP contribution >= 0.6 is 0 Å². The molecule has 0 spiro atoms. The summed E-state index contributed by atoms with van der Waals surface area (Å²) in [4.78, 5) is 46.0. The second-order valence-electron chi connectivity index (χ2n) is 11.6. The van der Waals surface area contributed by atoms with Crippen LogP contribution in [0.15, 0.2) is 97.1 Å². The van der Waals surface area contributed by atoms with Crippen molar-refractivity contribution in [2.24, 2.45) is 0 Å². The van der Waals surface area contributed by atoms with E-state index in [0.717, 1.165) is 71.8 Å². The summed E-state index contributed by atoms with van der Waals surface area (Å²) in [6, 6.07) is 31.9. The molecule has 0 aliphatic rings. The zero-order valence-electron chi connectivity index (χ0n) is 27.8. The molecule has 0 aromatic heterocycles. The Hall–Kier alpha value is -5.02. The topological polar surface area (TPSA) is 137 Å². The zero-order chi connectivity index (χ0) is 34.4. The third-order valence-electron chi connectivity index (χ3n) is 7.67. The fourth-order valence-corrected chi connectivity index (χ4v) is 5.10. The number of unbranched alkanes of at least 4 members (excludes halogenated alkanes) is 5. The molecular weight excluding hydrogens is 604 g/mol. The van der Waals surface area contributed by atoms with Crippen molar-refractivity contribution >= 4 is 45.8 Å². The van der Waals surface area contributed by atoms with Gasteiger partial charge < -0.3 is 16.0 Å². The lowest BCUT2D eigenvalue weighted by Crippen LogP contribution is -2.21. The van der Waals surface area contributed by atoms with Crippen LogP contribution < -0.4 is 21.4 Å². The molecule has 4 aromatic carbocycles. The summed E-state index contributed by atoms with van der Waals surface area (Å²) in [6.45, 7) is 2.61. The Balaban J connectivity index is 0.000000264. The van der Waals surface area contributed by atoms with Crippen molar-refractivity contribution in [1.82, 2.24) is 10.8 Å². The summed E-state index contributed by atoms with van der Waals surface area (Å²) in [7, 11) is 0. The second-order valence-corrected chi connectivity index (χ2v) is 11.6. The van der Waals surface area contributed by atoms with Crippen LogP contribution in [0.1, 0.15) is 77.6 Å². The first-order valence-electron chi connectivity index (χ1n) is 16.8. The van der Waals surface area contributed by atoms with Crippen molar-refractivity contribution in [1.29, 1.82) is 0 Å². The van der Waals surface area contributed by atoms with E-state index in [2.05, 4.69) is 28.1 Å². The Bertz CT molecular complexity index is 1570. The Kier molecular flexibility index (Phi) is 16.9. The summed E-state index contributed by atoms with van der Waals surface area (Å²) in [5.74, 6) is -0.257. The van der Waals surface area contributed by atoms with Crippen LogP contribution in [-0.4, -0.2) is 35.4 Å². The van der Waals surface area contributed by atoms with Crippen LogP contribution in [-0.2, 0) is 19.2 Å². The number of amides is 4. The standard InChI is InChI=1S/C22H28N2O2.C17H20N2O3/c1-2-23-21(25)12-8-3-4-9-13-22(26)24-20-16-14-19(15-17-20)18-10-6-5-7-11-18;20-16(8-2-1-3-9-17(21)19-22)18-15-11-10-13-6-4-5-7-14(13)12-15/h5-7,10-11,14-17H,2-4,8-9,12-13H2,1H3,(H,23,25)(H,24,26);4-7,10-12,22H,1-3,8-9H2,(H,18,20)(H,19,21). The van der Waals surface area contributed by atoms with Crippen LogP contribution in [0, 0.1) is 0 Å². The van der Waals surface area contributed by atoms with Crippen LogP contribution in [0.3, 0.4) is 0 Å². The molecule has 4 amide bonds. The van der Waals surface area contributed by atoms with E-state index in [0.29, 0.717) is 32.2 Å². The van der Waals surface area contributed by atoms with Gasteiger partial charge in [-0.1, -0.05) is 92.1 Å². The smallest absolute Gasteiger partial charge is 0.243 e. The maximum absolute atomic E-state index is 12.0. The molecule has 48 heavy (non-hydrogen) atoms. The molecule has 0 saturated heterocycles. The number of benzene rings is 4. The summed E-state index contributed by atoms with van der Waals surface area (Å²) in [5.41, 5.74) is 5.51. The highest BCUT2D eigenvalue weighted by Crippen LogP contribution is 2.22. The number of fused-ring (bicyclic) bond motifs is 1. The van der Waals surface area contributed by atoms with Crippen LogP contribution in [0.5, 0.6) is 0 Å². The van der Waals surface area contributed by atoms with E-state index in [1.54, 1.807) is 5.48 Å². The molecule has 0 aliphatic carbocycles. The third kappa shape index (κ3) is 14.6. The summed E-state index contributed by atoms with van der Waals surface area (Å²) in [6.07, 6.45) is 7.64. The zero-order valence-corrected chi connectivity index (χ0v) is 27.8. The van der Waals surface area contributed by atoms with Gasteiger partial charge in [0.2, 0.25) is 23.6 Å². The monoisotopic (exact) mass is 652 g/mol. The fourth-order valence-electron chi connectivity index (χ4n) is 5.10. The molecule has 0 radical (unpaired) electrons. The van der Waals surface area contributed by atoms with Gasteiger partial charge in [0, 0.05) is 43.6 Å². The van der Waals surface area contributed by atoms with Crippen molar-refractivity contribution in [2.75, 3.05) is 17.2 Å². The highest BCUT2D eigenvalue weighted by Gasteiger charge is 2.06. The average Bonchev–Trinajstić information content (AvgIpc) is 3.10. The van der Waals surface area contributed by atoms with Crippen molar-refractivity contribution in [2.45, 2.75) is 77.6 Å². The fraction of sp³-hybridized carbons (Fsp3) is 0.333. The van der Waals surface area contributed by atoms with Gasteiger partial charge in [-0.05, 0) is 78.8 Å². The molecule has 0 aliphatic heterocycles. The maximum atomic E-state index is 12.0. The second kappa shape index (κ2) is 21.7. The van der Waals surface area contributed by atoms with E-state index in [1.165, 1.54) is 0 Å². The van der Waals surface area contributed by atoms with Crippen LogP contribution in [0.2, 0.25) is 0 Å².